The third-order valence-corrected chi connectivity index (χ3v) is 9.62. The predicted octanol–water partition coefficient (Wildman–Crippen LogP) is 1.73. The van der Waals surface area contributed by atoms with E-state index in [2.05, 4.69) is 0 Å². The Labute approximate surface area is 252 Å². The predicted molar refractivity (Wildman–Crippen MR) is 145 cm³/mol. The van der Waals surface area contributed by atoms with Crippen molar-refractivity contribution < 1.29 is 62.7 Å². The summed E-state index contributed by atoms with van der Waals surface area (Å²) in [6.45, 7) is 0.277. The van der Waals surface area contributed by atoms with Crippen LogP contribution in [0, 0.1) is 17.8 Å². The molecule has 0 aromatic heterocycles. The van der Waals surface area contributed by atoms with Gasteiger partial charge in [-0.1, -0.05) is 0 Å². The summed E-state index contributed by atoms with van der Waals surface area (Å²) in [6.07, 6.45) is -4.58. The first-order valence-corrected chi connectivity index (χ1v) is 14.8. The van der Waals surface area contributed by atoms with Crippen LogP contribution in [-0.4, -0.2) is 92.5 Å². The number of phenolic OH excluding ortho intramolecular Hbond substituents is 1. The molecule has 10 atom stereocenters. The fraction of sp³-hybridized carbons (Fsp3) is 0.581. The molecule has 3 saturated heterocycles. The molecule has 13 heteroatoms. The van der Waals surface area contributed by atoms with Gasteiger partial charge in [-0.2, -0.15) is 0 Å². The van der Waals surface area contributed by atoms with Gasteiger partial charge < -0.3 is 58.0 Å². The minimum Gasteiger partial charge on any atom is -0.502 e. The van der Waals surface area contributed by atoms with Gasteiger partial charge in [0.05, 0.1) is 39.5 Å². The number of aromatic hydroxyl groups is 1. The molecule has 4 fully saturated rings. The van der Waals surface area contributed by atoms with Crippen molar-refractivity contribution in [1.82, 2.24) is 0 Å². The number of hydrogen-bond acceptors (Lipinski definition) is 13. The lowest BCUT2D eigenvalue weighted by Gasteiger charge is -2.48. The monoisotopic (exact) mass is 614 g/mol. The smallest absolute Gasteiger partial charge is 0.310 e. The first-order chi connectivity index (χ1) is 21.4. The summed E-state index contributed by atoms with van der Waals surface area (Å²) in [5.74, 6) is -0.693. The van der Waals surface area contributed by atoms with Gasteiger partial charge in [0.15, 0.2) is 35.6 Å². The minimum atomic E-state index is -1.42. The number of aliphatic hydroxyl groups excluding tert-OH is 2. The van der Waals surface area contributed by atoms with Crippen LogP contribution in [0.15, 0.2) is 24.3 Å². The van der Waals surface area contributed by atoms with Crippen LogP contribution < -0.4 is 18.9 Å². The molecule has 2 aliphatic carbocycles. The Bertz CT molecular complexity index is 1430. The zero-order valence-corrected chi connectivity index (χ0v) is 24.1. The number of hydrogen-bond donors (Lipinski definition) is 3. The molecule has 6 unspecified atom stereocenters. The summed E-state index contributed by atoms with van der Waals surface area (Å²) >= 11 is 0. The largest absolute Gasteiger partial charge is 0.502 e. The van der Waals surface area contributed by atoms with E-state index in [0.29, 0.717) is 34.1 Å². The average Bonchev–Trinajstić information content (AvgIpc) is 3.67. The minimum absolute atomic E-state index is 0.0335. The van der Waals surface area contributed by atoms with Crippen molar-refractivity contribution in [3.05, 3.63) is 41.0 Å². The Morgan fingerprint density at radius 1 is 0.864 bits per heavy atom. The number of cyclic esters (lactones) is 1. The van der Waals surface area contributed by atoms with Gasteiger partial charge in [-0.15, -0.1) is 0 Å². The lowest BCUT2D eigenvalue weighted by atomic mass is 9.66. The van der Waals surface area contributed by atoms with E-state index in [1.165, 1.54) is 14.2 Å². The number of esters is 1. The van der Waals surface area contributed by atoms with Crippen molar-refractivity contribution >= 4 is 5.97 Å². The Balaban J connectivity index is 1.18. The van der Waals surface area contributed by atoms with Crippen LogP contribution in [0.5, 0.6) is 28.7 Å². The van der Waals surface area contributed by atoms with Crippen molar-refractivity contribution in [2.45, 2.75) is 61.9 Å². The van der Waals surface area contributed by atoms with Gasteiger partial charge in [0.2, 0.25) is 12.5 Å². The Morgan fingerprint density at radius 2 is 1.57 bits per heavy atom. The zero-order chi connectivity index (χ0) is 30.3. The fourth-order valence-electron chi connectivity index (χ4n) is 7.24. The summed E-state index contributed by atoms with van der Waals surface area (Å²) in [6, 6.07) is 6.97. The van der Waals surface area contributed by atoms with Crippen molar-refractivity contribution in [3.63, 3.8) is 0 Å². The quantitative estimate of drug-likeness (QED) is 0.404. The van der Waals surface area contributed by atoms with Gasteiger partial charge in [-0.25, -0.2) is 0 Å². The topological polar surface area (TPSA) is 161 Å². The van der Waals surface area contributed by atoms with E-state index in [1.807, 2.05) is 12.1 Å². The molecule has 0 radical (unpaired) electrons. The first kappa shape index (κ1) is 28.2. The van der Waals surface area contributed by atoms with Gasteiger partial charge in [0.1, 0.15) is 24.4 Å². The third kappa shape index (κ3) is 4.40. The highest BCUT2D eigenvalue weighted by atomic mass is 16.8. The van der Waals surface area contributed by atoms with Crippen LogP contribution >= 0.6 is 0 Å². The molecule has 2 aromatic rings. The second kappa shape index (κ2) is 10.6. The zero-order valence-electron chi connectivity index (χ0n) is 24.1. The summed E-state index contributed by atoms with van der Waals surface area (Å²) in [5.41, 5.74) is 2.04. The first-order valence-electron chi connectivity index (χ1n) is 14.8. The van der Waals surface area contributed by atoms with Crippen LogP contribution in [-0.2, 0) is 28.5 Å². The maximum absolute atomic E-state index is 13.4. The van der Waals surface area contributed by atoms with Crippen LogP contribution in [0.3, 0.4) is 0 Å². The number of carbonyl (C=O) groups excluding carboxylic acids is 1. The van der Waals surface area contributed by atoms with E-state index in [9.17, 15) is 20.1 Å². The van der Waals surface area contributed by atoms with E-state index >= 15 is 0 Å². The van der Waals surface area contributed by atoms with Gasteiger partial charge in [0, 0.05) is 17.8 Å². The number of fused-ring (bicyclic) bond motifs is 4. The number of ether oxygens (including phenoxy) is 9. The number of methoxy groups -OCH3 is 2. The van der Waals surface area contributed by atoms with Crippen molar-refractivity contribution in [3.8, 4) is 28.7 Å². The summed E-state index contributed by atoms with van der Waals surface area (Å²) in [7, 11) is 2.87. The normalized spacial score (nSPS) is 37.0. The highest BCUT2D eigenvalue weighted by Gasteiger charge is 2.56. The maximum Gasteiger partial charge on any atom is 0.310 e. The highest BCUT2D eigenvalue weighted by Crippen LogP contribution is 2.57. The SMILES string of the molecule is COc1cc([C@@H]2c3cc4c(cc3[C@@H](OC3OC5COC(C6CC6)OC5C(O)C3O)[C@H]3COC(=O)[C@H]23)OCO4)cc(OC)c1O. The second-order valence-electron chi connectivity index (χ2n) is 12.1. The molecular weight excluding hydrogens is 580 g/mol. The van der Waals surface area contributed by atoms with E-state index < -0.39 is 66.8 Å². The highest BCUT2D eigenvalue weighted by molar-refractivity contribution is 5.79. The van der Waals surface area contributed by atoms with Gasteiger partial charge in [0.25, 0.3) is 0 Å². The lowest BCUT2D eigenvalue weighted by Crippen LogP contribution is -2.63. The molecule has 236 valence electrons. The number of phenols is 1. The van der Waals surface area contributed by atoms with E-state index in [0.717, 1.165) is 12.8 Å². The molecule has 6 aliphatic rings. The third-order valence-electron chi connectivity index (χ3n) is 9.62. The molecule has 8 rings (SSSR count). The van der Waals surface area contributed by atoms with Crippen molar-refractivity contribution in [1.29, 1.82) is 0 Å². The van der Waals surface area contributed by atoms with Gasteiger partial charge >= 0.3 is 5.97 Å². The molecule has 0 amide bonds. The number of carbonyl (C=O) groups is 1. The van der Waals surface area contributed by atoms with Crippen LogP contribution in [0.4, 0.5) is 0 Å². The molecule has 1 saturated carbocycles. The standard InChI is InChI=1S/C31H34O13/c1-36-19-5-13(6-20(37-2)24(19)32)22-14-7-17-18(41-11-40-17)8-15(14)27(16-9-38-29(35)23(16)22)43-31-26(34)25(33)28-21(42-31)10-39-30(44-28)12-3-4-12/h5-8,12,16,21-23,25-28,30-34H,3-4,9-11H2,1-2H3/t16-,21?,22+,23-,25?,26?,27+,28?,30?,31?/m0/s1. The van der Waals surface area contributed by atoms with Crippen molar-refractivity contribution in [2.24, 2.45) is 17.8 Å². The lowest BCUT2D eigenvalue weighted by molar-refractivity contribution is -0.369. The van der Waals surface area contributed by atoms with Crippen LogP contribution in [0.2, 0.25) is 0 Å². The molecule has 44 heavy (non-hydrogen) atoms. The van der Waals surface area contributed by atoms with E-state index in [4.69, 9.17) is 42.6 Å². The van der Waals surface area contributed by atoms with Gasteiger partial charge in [-0.3, -0.25) is 4.79 Å². The number of rotatable bonds is 6. The second-order valence-corrected chi connectivity index (χ2v) is 12.1. The Hall–Kier alpha value is -3.33. The number of benzene rings is 2. The summed E-state index contributed by atoms with van der Waals surface area (Å²) in [4.78, 5) is 13.4. The molecular formula is C31H34O13. The molecule has 2 aromatic carbocycles. The van der Waals surface area contributed by atoms with Crippen molar-refractivity contribution in [2.75, 3.05) is 34.2 Å². The molecule has 4 heterocycles. The summed E-state index contributed by atoms with van der Waals surface area (Å²) < 4.78 is 52.4. The molecule has 13 nitrogen and oxygen atoms in total. The molecule has 0 spiro atoms. The Kier molecular flexibility index (Phi) is 6.81. The van der Waals surface area contributed by atoms with Crippen LogP contribution in [0.1, 0.15) is 41.6 Å². The average molecular weight is 615 g/mol. The van der Waals surface area contributed by atoms with Crippen LogP contribution in [0.25, 0.3) is 0 Å². The number of aliphatic hydroxyl groups is 2. The van der Waals surface area contributed by atoms with E-state index in [1.54, 1.807) is 12.1 Å². The Morgan fingerprint density at radius 3 is 2.25 bits per heavy atom. The van der Waals surface area contributed by atoms with Gasteiger partial charge in [-0.05, 0) is 53.8 Å². The molecule has 3 N–H and O–H groups in total. The van der Waals surface area contributed by atoms with E-state index in [-0.39, 0.29) is 37.3 Å². The molecule has 0 bridgehead atoms. The molecule has 4 aliphatic heterocycles. The maximum atomic E-state index is 13.4. The fourth-order valence-corrected chi connectivity index (χ4v) is 7.24. The summed E-state index contributed by atoms with van der Waals surface area (Å²) in [5, 5.41) is 32.9.